The maximum Gasteiger partial charge on any atom is 0.304 e. The maximum absolute atomic E-state index is 13.7. The van der Waals surface area contributed by atoms with Crippen LogP contribution in [0.2, 0.25) is 5.15 Å². The predicted octanol–water partition coefficient (Wildman–Crippen LogP) is 4.00. The summed E-state index contributed by atoms with van der Waals surface area (Å²) in [5, 5.41) is 11.3. The molecule has 1 aliphatic heterocycles. The highest BCUT2D eigenvalue weighted by Gasteiger charge is 2.26. The van der Waals surface area contributed by atoms with Crippen molar-refractivity contribution in [3.8, 4) is 16.9 Å². The van der Waals surface area contributed by atoms with Gasteiger partial charge in [0.2, 0.25) is 0 Å². The Morgan fingerprint density at radius 2 is 1.86 bits per heavy atom. The van der Waals surface area contributed by atoms with Crippen molar-refractivity contribution in [2.24, 2.45) is 0 Å². The van der Waals surface area contributed by atoms with E-state index in [1.165, 1.54) is 12.1 Å². The van der Waals surface area contributed by atoms with Crippen LogP contribution in [0.25, 0.3) is 11.1 Å². The number of rotatable bonds is 6. The van der Waals surface area contributed by atoms with Gasteiger partial charge in [0, 0.05) is 49.7 Å². The summed E-state index contributed by atoms with van der Waals surface area (Å²) in [4.78, 5) is 18.7. The number of nitrogens with zero attached hydrogens (tertiary/aromatic N) is 4. The molecule has 1 aliphatic rings. The summed E-state index contributed by atoms with van der Waals surface area (Å²) < 4.78 is 44.0. The number of hydrogen-bond donors (Lipinski definition) is 0. The first-order valence-corrected chi connectivity index (χ1v) is 9.11. The van der Waals surface area contributed by atoms with Crippen molar-refractivity contribution in [2.45, 2.75) is 12.8 Å². The molecule has 0 saturated carbocycles. The van der Waals surface area contributed by atoms with Crippen molar-refractivity contribution in [2.75, 3.05) is 38.1 Å². The van der Waals surface area contributed by atoms with Gasteiger partial charge in [-0.05, 0) is 19.2 Å². The smallest absolute Gasteiger partial charge is 0.304 e. The van der Waals surface area contributed by atoms with Gasteiger partial charge in [0.05, 0.1) is 16.6 Å². The minimum Gasteiger partial charge on any atom is -0.454 e. The normalized spacial score (nSPS) is 16.1. The number of halogens is 4. The molecule has 156 valence electrons. The number of likely N-dealkylation sites (N-methyl/N-ethyl adjacent to an activating group) is 1. The lowest BCUT2D eigenvalue weighted by molar-refractivity contribution is -0.384. The summed E-state index contributed by atoms with van der Waals surface area (Å²) in [6.45, 7) is 2.97. The van der Waals surface area contributed by atoms with Crippen molar-refractivity contribution < 1.29 is 22.8 Å². The number of aromatic nitrogens is 1. The quantitative estimate of drug-likeness (QED) is 0.392. The largest absolute Gasteiger partial charge is 0.454 e. The van der Waals surface area contributed by atoms with Gasteiger partial charge in [-0.2, -0.15) is 4.39 Å². The Labute approximate surface area is 169 Å². The van der Waals surface area contributed by atoms with Gasteiger partial charge in [0.1, 0.15) is 10.9 Å². The van der Waals surface area contributed by atoms with E-state index in [1.807, 2.05) is 11.9 Å². The van der Waals surface area contributed by atoms with E-state index in [0.29, 0.717) is 18.8 Å². The van der Waals surface area contributed by atoms with E-state index < -0.39 is 23.4 Å². The summed E-state index contributed by atoms with van der Waals surface area (Å²) in [5.74, 6) is -0.235. The predicted molar refractivity (Wildman–Crippen MR) is 103 cm³/mol. The third-order valence-electron chi connectivity index (χ3n) is 4.61. The molecule has 0 radical (unpaired) electrons. The van der Waals surface area contributed by atoms with E-state index in [0.717, 1.165) is 25.4 Å². The molecule has 7 nitrogen and oxygen atoms in total. The number of ether oxygens (including phenoxy) is 1. The molecule has 1 unspecified atom stereocenters. The van der Waals surface area contributed by atoms with E-state index in [-0.39, 0.29) is 22.0 Å². The topological polar surface area (TPSA) is 71.7 Å². The van der Waals surface area contributed by atoms with Crippen LogP contribution in [-0.4, -0.2) is 60.8 Å². The van der Waals surface area contributed by atoms with Gasteiger partial charge in [-0.1, -0.05) is 11.6 Å². The second kappa shape index (κ2) is 8.83. The van der Waals surface area contributed by atoms with Gasteiger partial charge in [0.15, 0.2) is 0 Å². The molecule has 1 saturated heterocycles. The number of piperazine rings is 1. The first-order chi connectivity index (χ1) is 13.8. The number of benzene rings is 1. The van der Waals surface area contributed by atoms with Gasteiger partial charge in [0.25, 0.3) is 12.0 Å². The second-order valence-electron chi connectivity index (χ2n) is 6.56. The first kappa shape index (κ1) is 21.1. The fourth-order valence-corrected chi connectivity index (χ4v) is 3.20. The number of alkyl halides is 3. The van der Waals surface area contributed by atoms with Crippen molar-refractivity contribution >= 4 is 23.0 Å². The van der Waals surface area contributed by atoms with Gasteiger partial charge >= 0.3 is 6.43 Å². The van der Waals surface area contributed by atoms with E-state index in [1.54, 1.807) is 6.07 Å². The second-order valence-corrected chi connectivity index (χ2v) is 6.94. The summed E-state index contributed by atoms with van der Waals surface area (Å²) in [6.07, 6.45) is -5.11. The molecule has 0 aliphatic carbocycles. The summed E-state index contributed by atoms with van der Waals surface area (Å²) in [7, 11) is 1.98. The van der Waals surface area contributed by atoms with Gasteiger partial charge in [-0.3, -0.25) is 10.1 Å². The Kier molecular flexibility index (Phi) is 6.43. The zero-order valence-electron chi connectivity index (χ0n) is 15.4. The fraction of sp³-hybridized carbons (Fsp3) is 0.389. The van der Waals surface area contributed by atoms with Crippen LogP contribution in [0.1, 0.15) is 0 Å². The fourth-order valence-electron chi connectivity index (χ4n) is 3.04. The summed E-state index contributed by atoms with van der Waals surface area (Å²) in [6, 6.07) is 5.60. The minimum atomic E-state index is -3.37. The molecule has 0 spiro atoms. The number of hydrogen-bond acceptors (Lipinski definition) is 6. The molecular weight excluding hydrogens is 413 g/mol. The third kappa shape index (κ3) is 4.88. The van der Waals surface area contributed by atoms with Crippen LogP contribution in [-0.2, 0) is 0 Å². The molecule has 2 aromatic rings. The van der Waals surface area contributed by atoms with E-state index in [2.05, 4.69) is 9.88 Å². The maximum atomic E-state index is 13.7. The van der Waals surface area contributed by atoms with Crippen LogP contribution < -0.4 is 9.64 Å². The first-order valence-electron chi connectivity index (χ1n) is 8.73. The lowest BCUT2D eigenvalue weighted by atomic mass is 10.0. The van der Waals surface area contributed by atoms with E-state index >= 15 is 0 Å². The zero-order chi connectivity index (χ0) is 21.1. The van der Waals surface area contributed by atoms with Crippen LogP contribution in [0.3, 0.4) is 0 Å². The lowest BCUT2D eigenvalue weighted by Crippen LogP contribution is -2.44. The summed E-state index contributed by atoms with van der Waals surface area (Å²) in [5.41, 5.74) is 0.306. The van der Waals surface area contributed by atoms with Crippen molar-refractivity contribution in [1.29, 1.82) is 0 Å². The molecule has 29 heavy (non-hydrogen) atoms. The van der Waals surface area contributed by atoms with Crippen molar-refractivity contribution in [1.82, 2.24) is 9.88 Å². The molecule has 1 aromatic carbocycles. The Balaban J connectivity index is 2.05. The molecule has 0 amide bonds. The highest BCUT2D eigenvalue weighted by atomic mass is 35.5. The van der Waals surface area contributed by atoms with Gasteiger partial charge in [-0.15, -0.1) is 0 Å². The lowest BCUT2D eigenvalue weighted by Gasteiger charge is -2.34. The van der Waals surface area contributed by atoms with E-state index in [9.17, 15) is 23.3 Å². The number of nitro groups is 1. The third-order valence-corrected chi connectivity index (χ3v) is 4.81. The highest BCUT2D eigenvalue weighted by molar-refractivity contribution is 6.29. The van der Waals surface area contributed by atoms with Crippen LogP contribution in [0, 0.1) is 10.1 Å². The Morgan fingerprint density at radius 3 is 2.48 bits per heavy atom. The summed E-state index contributed by atoms with van der Waals surface area (Å²) >= 11 is 5.74. The molecule has 11 heteroatoms. The number of pyridine rings is 1. The highest BCUT2D eigenvalue weighted by Crippen LogP contribution is 2.40. The average molecular weight is 431 g/mol. The van der Waals surface area contributed by atoms with Crippen LogP contribution in [0.5, 0.6) is 5.75 Å². The zero-order valence-corrected chi connectivity index (χ0v) is 16.2. The van der Waals surface area contributed by atoms with Crippen LogP contribution >= 0.6 is 11.6 Å². The molecule has 3 rings (SSSR count). The average Bonchev–Trinajstić information content (AvgIpc) is 2.68. The van der Waals surface area contributed by atoms with Crippen LogP contribution in [0.15, 0.2) is 30.5 Å². The SMILES string of the molecule is CN1CCN(c2ccc(-c3cnc(Cl)cc3[N+](=O)[O-])c(OC(F)C(F)F)c2)CC1. The molecule has 2 heterocycles. The van der Waals surface area contributed by atoms with Crippen molar-refractivity contribution in [3.63, 3.8) is 0 Å². The Hall–Kier alpha value is -2.59. The standard InChI is InChI=1S/C18H18ClF3N4O3/c1-24-4-6-25(7-5-24)11-2-3-12(15(8-11)29-18(22)17(20)21)13-10-23-16(19)9-14(13)26(27)28/h2-3,8-10,17-18H,4-7H2,1H3. The molecular formula is C18H18ClF3N4O3. The monoisotopic (exact) mass is 430 g/mol. The van der Waals surface area contributed by atoms with Crippen LogP contribution in [0.4, 0.5) is 24.5 Å². The minimum absolute atomic E-state index is 0.0132. The van der Waals surface area contributed by atoms with Crippen molar-refractivity contribution in [3.05, 3.63) is 45.7 Å². The van der Waals surface area contributed by atoms with E-state index in [4.69, 9.17) is 16.3 Å². The van der Waals surface area contributed by atoms with Gasteiger partial charge in [-0.25, -0.2) is 13.8 Å². The molecule has 1 aromatic heterocycles. The van der Waals surface area contributed by atoms with Gasteiger partial charge < -0.3 is 14.5 Å². The Bertz CT molecular complexity index is 895. The molecule has 0 N–H and O–H groups in total. The Morgan fingerprint density at radius 1 is 1.17 bits per heavy atom. The molecule has 1 fully saturated rings. The molecule has 0 bridgehead atoms. The molecule has 1 atom stereocenters. The number of anilines is 1.